The number of anilines is 1. The van der Waals surface area contributed by atoms with Gasteiger partial charge in [0.1, 0.15) is 5.82 Å². The van der Waals surface area contributed by atoms with Gasteiger partial charge in [-0.25, -0.2) is 13.4 Å². The lowest BCUT2D eigenvalue weighted by molar-refractivity contribution is 0.316. The smallest absolute Gasteiger partial charge is 0.261 e. The second-order valence-electron chi connectivity index (χ2n) is 9.23. The van der Waals surface area contributed by atoms with Crippen LogP contribution in [0.4, 0.5) is 5.69 Å². The average molecular weight is 424 g/mol. The van der Waals surface area contributed by atoms with Gasteiger partial charge in [0.25, 0.3) is 10.0 Å². The van der Waals surface area contributed by atoms with Crippen molar-refractivity contribution < 1.29 is 8.42 Å². The largest absolute Gasteiger partial charge is 0.327 e. The van der Waals surface area contributed by atoms with Crippen LogP contribution in [-0.4, -0.2) is 18.0 Å². The summed E-state index contributed by atoms with van der Waals surface area (Å²) in [6.07, 6.45) is 8.96. The van der Waals surface area contributed by atoms with Crippen LogP contribution in [0.15, 0.2) is 53.4 Å². The molecule has 0 radical (unpaired) electrons. The zero-order chi connectivity index (χ0) is 20.8. The van der Waals surface area contributed by atoms with E-state index in [1.807, 2.05) is 24.3 Å². The van der Waals surface area contributed by atoms with Crippen LogP contribution in [-0.2, 0) is 22.0 Å². The summed E-state index contributed by atoms with van der Waals surface area (Å²) >= 11 is 0. The van der Waals surface area contributed by atoms with Crippen molar-refractivity contribution in [3.63, 3.8) is 0 Å². The Labute approximate surface area is 178 Å². The summed E-state index contributed by atoms with van der Waals surface area (Å²) in [7, 11) is -3.61. The van der Waals surface area contributed by atoms with Crippen molar-refractivity contribution in [2.45, 2.75) is 68.7 Å². The predicted octanol–water partition coefficient (Wildman–Crippen LogP) is 5.47. The molecule has 3 aromatic rings. The van der Waals surface area contributed by atoms with Crippen molar-refractivity contribution in [3.8, 4) is 0 Å². The van der Waals surface area contributed by atoms with Crippen LogP contribution in [0.3, 0.4) is 0 Å². The number of sulfonamides is 1. The first-order valence-electron chi connectivity index (χ1n) is 11.0. The van der Waals surface area contributed by atoms with Crippen molar-refractivity contribution in [2.24, 2.45) is 5.92 Å². The molecule has 1 heterocycles. The molecule has 1 aromatic heterocycles. The van der Waals surface area contributed by atoms with Crippen LogP contribution >= 0.6 is 0 Å². The molecule has 0 amide bonds. The summed E-state index contributed by atoms with van der Waals surface area (Å²) in [5.74, 6) is 1.89. The van der Waals surface area contributed by atoms with Crippen molar-refractivity contribution in [2.75, 3.05) is 4.72 Å². The Balaban J connectivity index is 1.49. The van der Waals surface area contributed by atoms with Crippen molar-refractivity contribution >= 4 is 26.7 Å². The molecule has 6 heteroatoms. The van der Waals surface area contributed by atoms with E-state index >= 15 is 0 Å². The fourth-order valence-corrected chi connectivity index (χ4v) is 5.76. The number of nitrogens with one attached hydrogen (secondary N) is 1. The Morgan fingerprint density at radius 2 is 1.80 bits per heavy atom. The highest BCUT2D eigenvalue weighted by Gasteiger charge is 2.43. The van der Waals surface area contributed by atoms with Crippen molar-refractivity contribution in [1.29, 1.82) is 0 Å². The SMILES string of the molecule is CC1(c2nc3cc(NS(=O)(=O)c4ccccc4)ccc3n2CC2CCCCC2)CC1. The summed E-state index contributed by atoms with van der Waals surface area (Å²) in [5.41, 5.74) is 2.71. The van der Waals surface area contributed by atoms with E-state index in [2.05, 4.69) is 16.2 Å². The Hall–Kier alpha value is -2.34. The number of aromatic nitrogens is 2. The maximum Gasteiger partial charge on any atom is 0.261 e. The molecule has 2 aromatic carbocycles. The first-order chi connectivity index (χ1) is 14.4. The minimum atomic E-state index is -3.61. The molecule has 158 valence electrons. The molecule has 2 aliphatic rings. The third-order valence-corrected chi connectivity index (χ3v) is 8.16. The lowest BCUT2D eigenvalue weighted by atomic mass is 9.89. The van der Waals surface area contributed by atoms with Crippen LogP contribution in [0.1, 0.15) is 57.7 Å². The standard InChI is InChI=1S/C24H29N3O2S/c1-24(14-15-24)23-25-21-16-19(26-30(28,29)20-10-6-3-7-11-20)12-13-22(21)27(23)17-18-8-4-2-5-9-18/h3,6-7,10-13,16,18,26H,2,4-5,8-9,14-15,17H2,1H3. The van der Waals surface area contributed by atoms with Gasteiger partial charge in [-0.2, -0.15) is 0 Å². The van der Waals surface area contributed by atoms with Crippen LogP contribution in [0, 0.1) is 5.92 Å². The number of benzene rings is 2. The molecule has 2 fully saturated rings. The Bertz CT molecular complexity index is 1160. The van der Waals surface area contributed by atoms with E-state index in [-0.39, 0.29) is 10.3 Å². The minimum Gasteiger partial charge on any atom is -0.327 e. The fraction of sp³-hybridized carbons (Fsp3) is 0.458. The zero-order valence-electron chi connectivity index (χ0n) is 17.5. The zero-order valence-corrected chi connectivity index (χ0v) is 18.3. The number of rotatable bonds is 6. The molecule has 0 bridgehead atoms. The van der Waals surface area contributed by atoms with Gasteiger partial charge in [-0.15, -0.1) is 0 Å². The van der Waals surface area contributed by atoms with E-state index in [1.165, 1.54) is 50.8 Å². The quantitative estimate of drug-likeness (QED) is 0.572. The fourth-order valence-electron chi connectivity index (χ4n) is 4.69. The molecule has 0 spiro atoms. The molecule has 30 heavy (non-hydrogen) atoms. The van der Waals surface area contributed by atoms with E-state index < -0.39 is 10.0 Å². The average Bonchev–Trinajstić information content (AvgIpc) is 3.40. The Kier molecular flexibility index (Phi) is 4.85. The summed E-state index contributed by atoms with van der Waals surface area (Å²) in [6.45, 7) is 3.32. The lowest BCUT2D eigenvalue weighted by Crippen LogP contribution is -2.19. The number of hydrogen-bond donors (Lipinski definition) is 1. The van der Waals surface area contributed by atoms with E-state index in [0.29, 0.717) is 11.6 Å². The van der Waals surface area contributed by atoms with Gasteiger partial charge in [0.05, 0.1) is 21.6 Å². The predicted molar refractivity (Wildman–Crippen MR) is 120 cm³/mol. The highest BCUT2D eigenvalue weighted by atomic mass is 32.2. The highest BCUT2D eigenvalue weighted by molar-refractivity contribution is 7.92. The summed E-state index contributed by atoms with van der Waals surface area (Å²) < 4.78 is 30.5. The van der Waals surface area contributed by atoms with E-state index in [1.54, 1.807) is 24.3 Å². The van der Waals surface area contributed by atoms with Crippen LogP contribution < -0.4 is 4.72 Å². The van der Waals surface area contributed by atoms with Gasteiger partial charge in [0.2, 0.25) is 0 Å². The monoisotopic (exact) mass is 423 g/mol. The third-order valence-electron chi connectivity index (χ3n) is 6.76. The van der Waals surface area contributed by atoms with E-state index in [4.69, 9.17) is 4.98 Å². The second-order valence-corrected chi connectivity index (χ2v) is 10.9. The van der Waals surface area contributed by atoms with E-state index in [9.17, 15) is 8.42 Å². The molecule has 2 saturated carbocycles. The maximum absolute atomic E-state index is 12.7. The van der Waals surface area contributed by atoms with Gasteiger partial charge in [0, 0.05) is 12.0 Å². The van der Waals surface area contributed by atoms with Gasteiger partial charge >= 0.3 is 0 Å². The third kappa shape index (κ3) is 3.73. The molecule has 5 rings (SSSR count). The summed E-state index contributed by atoms with van der Waals surface area (Å²) in [4.78, 5) is 5.27. The van der Waals surface area contributed by atoms with Gasteiger partial charge in [-0.1, -0.05) is 44.4 Å². The molecular formula is C24H29N3O2S. The Morgan fingerprint density at radius 1 is 1.07 bits per heavy atom. The molecule has 0 saturated heterocycles. The van der Waals surface area contributed by atoms with Crippen LogP contribution in [0.5, 0.6) is 0 Å². The number of hydrogen-bond acceptors (Lipinski definition) is 3. The normalized spacial score (nSPS) is 19.1. The molecule has 0 atom stereocenters. The minimum absolute atomic E-state index is 0.164. The lowest BCUT2D eigenvalue weighted by Gasteiger charge is -2.24. The molecule has 2 aliphatic carbocycles. The summed E-state index contributed by atoms with van der Waals surface area (Å²) in [6, 6.07) is 14.2. The van der Waals surface area contributed by atoms with Crippen molar-refractivity contribution in [3.05, 3.63) is 54.4 Å². The molecule has 1 N–H and O–H groups in total. The number of fused-ring (bicyclic) bond motifs is 1. The topological polar surface area (TPSA) is 64.0 Å². The van der Waals surface area contributed by atoms with E-state index in [0.717, 1.165) is 17.6 Å². The highest BCUT2D eigenvalue weighted by Crippen LogP contribution is 2.48. The number of imidazole rings is 1. The van der Waals surface area contributed by atoms with Gasteiger partial charge < -0.3 is 4.57 Å². The summed E-state index contributed by atoms with van der Waals surface area (Å²) in [5, 5.41) is 0. The van der Waals surface area contributed by atoms with Crippen molar-refractivity contribution in [1.82, 2.24) is 9.55 Å². The first-order valence-corrected chi connectivity index (χ1v) is 12.5. The molecule has 0 unspecified atom stereocenters. The van der Waals surface area contributed by atoms with Crippen LogP contribution in [0.2, 0.25) is 0 Å². The van der Waals surface area contributed by atoms with Gasteiger partial charge in [0.15, 0.2) is 0 Å². The number of nitrogens with zero attached hydrogens (tertiary/aromatic N) is 2. The first kappa shape index (κ1) is 19.6. The second kappa shape index (κ2) is 7.41. The molecular weight excluding hydrogens is 394 g/mol. The molecule has 0 aliphatic heterocycles. The van der Waals surface area contributed by atoms with Gasteiger partial charge in [-0.05, 0) is 61.9 Å². The van der Waals surface area contributed by atoms with Crippen LogP contribution in [0.25, 0.3) is 11.0 Å². The Morgan fingerprint density at radius 3 is 2.50 bits per heavy atom. The van der Waals surface area contributed by atoms with Gasteiger partial charge in [-0.3, -0.25) is 4.72 Å². The maximum atomic E-state index is 12.7. The molecule has 5 nitrogen and oxygen atoms in total.